The fourth-order valence-corrected chi connectivity index (χ4v) is 22.1. The Morgan fingerprint density at radius 1 is 0.458 bits per heavy atom. The van der Waals surface area contributed by atoms with E-state index >= 15 is 0 Å². The number of hydrogen-bond acceptors (Lipinski definition) is 16. The summed E-state index contributed by atoms with van der Waals surface area (Å²) in [5.41, 5.74) is -17.1. The first-order valence-electron chi connectivity index (χ1n) is 29.1. The second-order valence-electron chi connectivity index (χ2n) is 21.1. The molecule has 1 aromatic heterocycles. The van der Waals surface area contributed by atoms with Gasteiger partial charge in [0.25, 0.3) is 30.4 Å². The maximum Gasteiger partial charge on any atom is 0.485 e. The van der Waals surface area contributed by atoms with Gasteiger partial charge < -0.3 is 22.3 Å². The van der Waals surface area contributed by atoms with Gasteiger partial charge >= 0.3 is 16.5 Å². The number of alkyl halides is 9. The fourth-order valence-electron chi connectivity index (χ4n) is 8.50. The summed E-state index contributed by atoms with van der Waals surface area (Å²) >= 11 is 0. The highest BCUT2D eigenvalue weighted by Gasteiger charge is 2.48. The molecule has 5 N–H and O–H groups in total. The lowest BCUT2D eigenvalue weighted by atomic mass is 10.2. The Bertz CT molecular complexity index is 3570. The third kappa shape index (κ3) is 37.5. The number of benzene rings is 4. The van der Waals surface area contributed by atoms with Gasteiger partial charge in [-0.1, -0.05) is 137 Å². The molecule has 552 valence electrons. The third-order valence-corrected chi connectivity index (χ3v) is 29.4. The minimum atomic E-state index is -6.72. The van der Waals surface area contributed by atoms with E-state index in [0.717, 1.165) is 35.2 Å². The van der Waals surface area contributed by atoms with E-state index in [-0.39, 0.29) is 22.2 Å². The van der Waals surface area contributed by atoms with Gasteiger partial charge in [-0.25, -0.2) is 34.4 Å². The molecule has 22 nitrogen and oxygen atoms in total. The van der Waals surface area contributed by atoms with E-state index in [4.69, 9.17) is 31.2 Å². The van der Waals surface area contributed by atoms with Gasteiger partial charge in [-0.2, -0.15) is 64.8 Å². The van der Waals surface area contributed by atoms with Crippen LogP contribution in [0.1, 0.15) is 104 Å². The van der Waals surface area contributed by atoms with Crippen molar-refractivity contribution in [1.29, 1.82) is 0 Å². The monoisotopic (exact) mass is 1560 g/mol. The standard InChI is InChI=1S/C21H21O3PS.C15H33O3PS.C10H18N2O3S.C7H10O3S.C2F6NO4S2.CHF3O3S/c22-26(23,24)18-10-17-25(19-11-4-1-5-12-19,20-13-6-2-7-14-20)21-15-8-3-9-16-21;1-4-7-11-19(12-8-5-2,13-9-6-3)14-10-15-20(16,17)18;1-2-3-5-11-7-8-12(10-11)6-4-9-16(13,14)15;1-6-2-4-7(5-3-6)11(8,9)10;3-1(4,5)14(10,11)9-15(12,13)2(6,7)8;2-1(3,4)8(5,6)7/h1-9,11-16H,10,17-18H2;4-15H2,1-3H3;7-8,10H,2-6,9H2,1H3;2-5,8-10H,1H3;;(H,5,6,7)/q;;;;-1;/p+1. The van der Waals surface area contributed by atoms with Crippen LogP contribution in [0.25, 0.3) is 4.13 Å². The van der Waals surface area contributed by atoms with Crippen LogP contribution in [0.5, 0.6) is 0 Å². The predicted octanol–water partition coefficient (Wildman–Crippen LogP) is 12.1. The molecule has 4 aromatic carbocycles. The summed E-state index contributed by atoms with van der Waals surface area (Å²) < 4.78 is 292. The SMILES string of the molecule is CCCC[P+](CCCC)(CCCC)CCCS(=O)(=O)O.CCCCn1cc[n+](CCCS(=O)(=O)O)c1.Cc1ccc(S([O-])(O)O)cc1.O=S(=O)(O)CCC[P+](c1ccccc1)(c1ccccc1)c1ccccc1.O=S(=O)([N-]S(=O)(=O)C(F)(F)F)C(F)(F)F.O=S(=O)([O-])C(F)(F)F. The molecule has 5 rings (SSSR count). The van der Waals surface area contributed by atoms with Crippen molar-refractivity contribution in [3.8, 4) is 0 Å². The molecule has 0 bridgehead atoms. The molecule has 1 heterocycles. The minimum absolute atomic E-state index is 0.0445. The topological polar surface area (TPSA) is 375 Å². The van der Waals surface area contributed by atoms with E-state index in [2.05, 4.69) is 68.7 Å². The van der Waals surface area contributed by atoms with Crippen LogP contribution in [0.2, 0.25) is 0 Å². The van der Waals surface area contributed by atoms with E-state index in [0.29, 0.717) is 32.0 Å². The number of halogens is 9. The molecule has 0 saturated carbocycles. The summed E-state index contributed by atoms with van der Waals surface area (Å²) in [7, 11) is -37.9. The lowest BCUT2D eigenvalue weighted by Crippen LogP contribution is -2.33. The number of aromatic nitrogens is 2. The summed E-state index contributed by atoms with van der Waals surface area (Å²) in [6, 6.07) is 37.1. The predicted molar refractivity (Wildman–Crippen MR) is 356 cm³/mol. The molecule has 0 saturated heterocycles. The summed E-state index contributed by atoms with van der Waals surface area (Å²) in [6.45, 7) is 12.3. The first-order chi connectivity index (χ1) is 43.9. The Morgan fingerprint density at radius 2 is 0.781 bits per heavy atom. The van der Waals surface area contributed by atoms with Crippen LogP contribution in [0.15, 0.2) is 139 Å². The lowest BCUT2D eigenvalue weighted by molar-refractivity contribution is -0.696. The number of imidazole rings is 1. The smallest absolute Gasteiger partial charge is 0.485 e. The highest BCUT2D eigenvalue weighted by atomic mass is 32.3. The second kappa shape index (κ2) is 41.7. The molecule has 0 unspecified atom stereocenters. The van der Waals surface area contributed by atoms with Crippen LogP contribution >= 0.6 is 25.4 Å². The van der Waals surface area contributed by atoms with Crippen LogP contribution < -0.4 is 20.5 Å². The number of sulfonamides is 2. The number of aryl methyl sites for hydroxylation is 3. The van der Waals surface area contributed by atoms with Crippen LogP contribution in [-0.2, 0) is 73.6 Å². The second-order valence-corrected chi connectivity index (χ2v) is 40.2. The first kappa shape index (κ1) is 92.1. The zero-order valence-electron chi connectivity index (χ0n) is 53.0. The molecule has 40 heteroatoms. The first-order valence-corrected chi connectivity index (χ1v) is 44.2. The Labute approximate surface area is 560 Å². The summed E-state index contributed by atoms with van der Waals surface area (Å²) in [4.78, 5) is 0.0445. The lowest BCUT2D eigenvalue weighted by Gasteiger charge is -2.33. The molecule has 0 fully saturated rings. The van der Waals surface area contributed by atoms with Crippen LogP contribution in [0.3, 0.4) is 0 Å². The number of nitrogens with zero attached hydrogens (tertiary/aromatic N) is 3. The van der Waals surface area contributed by atoms with Gasteiger partial charge in [0.1, 0.15) is 35.6 Å². The van der Waals surface area contributed by atoms with Gasteiger partial charge in [0, 0.05) is 18.6 Å². The van der Waals surface area contributed by atoms with Crippen molar-refractivity contribution in [2.45, 2.75) is 140 Å². The van der Waals surface area contributed by atoms with Gasteiger partial charge in [0.05, 0.1) is 61.2 Å². The van der Waals surface area contributed by atoms with Gasteiger partial charge in [0.15, 0.2) is 30.2 Å². The zero-order chi connectivity index (χ0) is 74.2. The zero-order valence-corrected chi connectivity index (χ0v) is 60.5. The highest BCUT2D eigenvalue weighted by molar-refractivity contribution is 8.19. The van der Waals surface area contributed by atoms with Crippen molar-refractivity contribution in [1.82, 2.24) is 4.57 Å². The van der Waals surface area contributed by atoms with Crippen molar-refractivity contribution < 1.29 is 126 Å². The quantitative estimate of drug-likeness (QED) is 0.00937. The molecular weight excluding hydrogens is 1480 g/mol. The molecule has 0 aliphatic rings. The van der Waals surface area contributed by atoms with Crippen molar-refractivity contribution in [2.75, 3.05) is 48.1 Å². The molecule has 0 atom stereocenters. The largest absolute Gasteiger partial charge is 0.769 e. The molecule has 96 heavy (non-hydrogen) atoms. The van der Waals surface area contributed by atoms with E-state index < -0.39 is 102 Å². The Balaban J connectivity index is 0.00000117. The van der Waals surface area contributed by atoms with Crippen molar-refractivity contribution in [2.24, 2.45) is 0 Å². The van der Waals surface area contributed by atoms with Crippen molar-refractivity contribution in [3.05, 3.63) is 144 Å². The Hall–Kier alpha value is -3.95. The average Bonchev–Trinajstić information content (AvgIpc) is 0.825. The van der Waals surface area contributed by atoms with Gasteiger partial charge in [0.2, 0.25) is 6.33 Å². The fraction of sp³-hybridized carbons (Fsp3) is 0.518. The summed E-state index contributed by atoms with van der Waals surface area (Å²) in [5, 5.41) is 3.65. The van der Waals surface area contributed by atoms with Gasteiger partial charge in [-0.3, -0.25) is 13.7 Å². The third-order valence-electron chi connectivity index (χ3n) is 13.2. The maximum atomic E-state index is 11.4. The van der Waals surface area contributed by atoms with E-state index in [1.54, 1.807) is 12.1 Å². The Morgan fingerprint density at radius 3 is 1.08 bits per heavy atom. The van der Waals surface area contributed by atoms with Crippen LogP contribution in [0.4, 0.5) is 39.5 Å². The van der Waals surface area contributed by atoms with Crippen molar-refractivity contribution in [3.63, 3.8) is 0 Å². The number of unbranched alkanes of at least 4 members (excludes halogenated alkanes) is 4. The molecule has 0 aliphatic carbocycles. The number of rotatable bonds is 30. The molecule has 0 spiro atoms. The summed E-state index contributed by atoms with van der Waals surface area (Å²) in [5.74, 6) is -0.458. The van der Waals surface area contributed by atoms with E-state index in [1.165, 1.54) is 85.1 Å². The summed E-state index contributed by atoms with van der Waals surface area (Å²) in [6.07, 6.45) is 22.8. The van der Waals surface area contributed by atoms with Crippen LogP contribution in [-0.4, -0.2) is 152 Å². The molecule has 5 aromatic rings. The molecule has 0 amide bonds. The van der Waals surface area contributed by atoms with Crippen molar-refractivity contribution >= 4 is 102 Å². The normalized spacial score (nSPS) is 13.0. The van der Waals surface area contributed by atoms with E-state index in [1.807, 2.05) is 84.8 Å². The van der Waals surface area contributed by atoms with Gasteiger partial charge in [-0.15, -0.1) is 0 Å². The van der Waals surface area contributed by atoms with Crippen LogP contribution in [0, 0.1) is 6.92 Å². The average molecular weight is 1560 g/mol. The maximum absolute atomic E-state index is 11.4. The molecule has 0 radical (unpaired) electrons. The number of hydrogen-bond donors (Lipinski definition) is 5. The molecule has 0 aliphatic heterocycles. The highest BCUT2D eigenvalue weighted by Crippen LogP contribution is 2.61. The Kier molecular flexibility index (Phi) is 40.0. The minimum Gasteiger partial charge on any atom is -0.769 e. The van der Waals surface area contributed by atoms with Gasteiger partial charge in [-0.05, 0) is 94.0 Å². The molecular formula is C56H84F9N3O19P2S7. The van der Waals surface area contributed by atoms with E-state index in [9.17, 15) is 90.7 Å².